The number of alkyl halides is 3. The first-order valence-electron chi connectivity index (χ1n) is 16.8. The second-order valence-corrected chi connectivity index (χ2v) is 21.6. The van der Waals surface area contributed by atoms with E-state index in [9.17, 15) is 39.6 Å². The molecule has 4 rings (SSSR count). The SMILES string of the molecule is COc1ccc(S(=O)(=O)C(C)(C)C(=O)Nc2cc(C(C)(C)C)on2)cc1.Cc1nc(NC(=O)C(C)(C)S(=O)(=O)c2cccc(C(F)(F)F)c2)sc1C(C)(C)C. The van der Waals surface area contributed by atoms with Crippen LogP contribution in [0.25, 0.3) is 0 Å². The van der Waals surface area contributed by atoms with Gasteiger partial charge in [0.15, 0.2) is 30.6 Å². The van der Waals surface area contributed by atoms with Crippen LogP contribution < -0.4 is 15.4 Å². The van der Waals surface area contributed by atoms with Gasteiger partial charge in [0.2, 0.25) is 11.8 Å². The molecule has 0 aliphatic carbocycles. The Morgan fingerprint density at radius 1 is 0.745 bits per heavy atom. The number of halogens is 3. The van der Waals surface area contributed by atoms with Crippen molar-refractivity contribution in [2.75, 3.05) is 17.7 Å². The van der Waals surface area contributed by atoms with Gasteiger partial charge >= 0.3 is 6.18 Å². The normalized spacial score (nSPS) is 13.1. The van der Waals surface area contributed by atoms with Crippen molar-refractivity contribution in [3.8, 4) is 5.75 Å². The molecule has 4 aromatic rings. The maximum absolute atomic E-state index is 13.0. The number of sulfone groups is 2. The minimum Gasteiger partial charge on any atom is -0.497 e. The molecule has 0 radical (unpaired) electrons. The van der Waals surface area contributed by atoms with Crippen molar-refractivity contribution in [1.82, 2.24) is 10.1 Å². The van der Waals surface area contributed by atoms with E-state index < -0.39 is 57.6 Å². The molecule has 0 aliphatic rings. The first kappa shape index (κ1) is 45.1. The molecule has 2 heterocycles. The van der Waals surface area contributed by atoms with Crippen LogP contribution in [0.1, 0.15) is 91.1 Å². The van der Waals surface area contributed by atoms with Gasteiger partial charge < -0.3 is 19.9 Å². The Morgan fingerprint density at radius 2 is 1.27 bits per heavy atom. The third-order valence-electron chi connectivity index (χ3n) is 8.47. The number of anilines is 2. The smallest absolute Gasteiger partial charge is 0.416 e. The summed E-state index contributed by atoms with van der Waals surface area (Å²) in [6.45, 7) is 18.6. The highest BCUT2D eigenvalue weighted by Gasteiger charge is 2.45. The first-order chi connectivity index (χ1) is 24.9. The average molecular weight is 829 g/mol. The first-order valence-corrected chi connectivity index (χ1v) is 20.5. The highest BCUT2D eigenvalue weighted by molar-refractivity contribution is 7.94. The summed E-state index contributed by atoms with van der Waals surface area (Å²) in [5.41, 5.74) is -0.859. The summed E-state index contributed by atoms with van der Waals surface area (Å²) in [6, 6.07) is 10.9. The summed E-state index contributed by atoms with van der Waals surface area (Å²) < 4.78 is 97.1. The predicted octanol–water partition coefficient (Wildman–Crippen LogP) is 8.13. The lowest BCUT2D eigenvalue weighted by atomic mass is 9.93. The number of thiazole rings is 1. The molecule has 0 spiro atoms. The molecule has 0 atom stereocenters. The minimum absolute atomic E-state index is 0.0361. The molecule has 55 heavy (non-hydrogen) atoms. The number of amides is 2. The van der Waals surface area contributed by atoms with Crippen molar-refractivity contribution >= 4 is 53.8 Å². The molecule has 2 amide bonds. The van der Waals surface area contributed by atoms with Crippen molar-refractivity contribution < 1.29 is 48.9 Å². The largest absolute Gasteiger partial charge is 0.497 e. The van der Waals surface area contributed by atoms with Gasteiger partial charge in [-0.05, 0) is 82.5 Å². The molecule has 0 unspecified atom stereocenters. The van der Waals surface area contributed by atoms with Crippen LogP contribution >= 0.6 is 11.3 Å². The standard InChI is InChI=1S/C19H23F3N2O3S2.C18H24N2O5S/c1-11-14(17(2,3)4)28-16(23-11)24-15(25)18(5,6)29(26,27)13-9-7-8-12(10-13)19(20,21)22;1-17(2,3)14-11-15(20-25-14)19-16(21)18(4,5)26(22,23)13-9-7-12(24-6)8-10-13/h7-10H,1-6H3,(H,23,24,25);7-11H,1-6H3,(H,19,20,21). The highest BCUT2D eigenvalue weighted by Crippen LogP contribution is 2.36. The van der Waals surface area contributed by atoms with E-state index >= 15 is 0 Å². The van der Waals surface area contributed by atoms with Crippen molar-refractivity contribution in [3.05, 3.63) is 76.5 Å². The van der Waals surface area contributed by atoms with E-state index in [0.29, 0.717) is 17.6 Å². The summed E-state index contributed by atoms with van der Waals surface area (Å²) in [5, 5.41) is 9.06. The van der Waals surface area contributed by atoms with Crippen LogP contribution in [0, 0.1) is 6.92 Å². The topological polar surface area (TPSA) is 175 Å². The summed E-state index contributed by atoms with van der Waals surface area (Å²) in [5.74, 6) is -0.267. The number of aryl methyl sites for hydroxylation is 1. The second kappa shape index (κ2) is 15.7. The van der Waals surface area contributed by atoms with Crippen LogP contribution in [-0.2, 0) is 46.3 Å². The molecular formula is C37H47F3N4O8S3. The lowest BCUT2D eigenvalue weighted by Gasteiger charge is -2.23. The van der Waals surface area contributed by atoms with Gasteiger partial charge in [-0.3, -0.25) is 9.59 Å². The molecule has 18 heteroatoms. The van der Waals surface area contributed by atoms with Crippen LogP contribution in [-0.4, -0.2) is 55.4 Å². The molecule has 0 aliphatic heterocycles. The lowest BCUT2D eigenvalue weighted by molar-refractivity contribution is -0.137. The summed E-state index contributed by atoms with van der Waals surface area (Å²) in [4.78, 5) is 30.1. The van der Waals surface area contributed by atoms with Gasteiger partial charge in [-0.25, -0.2) is 21.8 Å². The number of nitrogens with one attached hydrogen (secondary N) is 2. The Kier molecular flexibility index (Phi) is 12.9. The number of hydrogen-bond acceptors (Lipinski definition) is 11. The highest BCUT2D eigenvalue weighted by atomic mass is 32.2. The fourth-order valence-corrected chi connectivity index (χ4v) is 8.60. The van der Waals surface area contributed by atoms with Crippen LogP contribution in [0.4, 0.5) is 24.1 Å². The lowest BCUT2D eigenvalue weighted by Crippen LogP contribution is -2.44. The monoisotopic (exact) mass is 828 g/mol. The molecule has 0 bridgehead atoms. The summed E-state index contributed by atoms with van der Waals surface area (Å²) >= 11 is 1.24. The van der Waals surface area contributed by atoms with Gasteiger partial charge in [0.25, 0.3) is 0 Å². The quantitative estimate of drug-likeness (QED) is 0.168. The molecule has 12 nitrogen and oxygen atoms in total. The van der Waals surface area contributed by atoms with Gasteiger partial charge in [-0.2, -0.15) is 13.2 Å². The van der Waals surface area contributed by atoms with Gasteiger partial charge in [0.05, 0.1) is 28.2 Å². The van der Waals surface area contributed by atoms with E-state index in [1.54, 1.807) is 13.0 Å². The zero-order chi connectivity index (χ0) is 42.2. The minimum atomic E-state index is -4.69. The Bertz CT molecular complexity index is 2250. The van der Waals surface area contributed by atoms with Crippen molar-refractivity contribution in [1.29, 1.82) is 0 Å². The van der Waals surface area contributed by atoms with Crippen LogP contribution in [0.3, 0.4) is 0 Å². The van der Waals surface area contributed by atoms with Crippen molar-refractivity contribution in [2.24, 2.45) is 0 Å². The van der Waals surface area contributed by atoms with E-state index in [-0.39, 0.29) is 26.7 Å². The fourth-order valence-electron chi connectivity index (χ4n) is 4.78. The second-order valence-electron chi connectivity index (χ2n) is 15.6. The van der Waals surface area contributed by atoms with Crippen molar-refractivity contribution in [3.63, 3.8) is 0 Å². The van der Waals surface area contributed by atoms with Crippen LogP contribution in [0.15, 0.2) is 68.9 Å². The molecule has 0 fully saturated rings. The maximum atomic E-state index is 13.0. The predicted molar refractivity (Wildman–Crippen MR) is 205 cm³/mol. The number of ether oxygens (including phenoxy) is 1. The Labute approximate surface area is 324 Å². The number of rotatable bonds is 9. The summed E-state index contributed by atoms with van der Waals surface area (Å²) in [6.07, 6.45) is -4.69. The van der Waals surface area contributed by atoms with Crippen LogP contribution in [0.5, 0.6) is 5.75 Å². The molecule has 0 saturated carbocycles. The average Bonchev–Trinajstić information content (AvgIpc) is 3.71. The van der Waals surface area contributed by atoms with Gasteiger partial charge in [0, 0.05) is 16.4 Å². The van der Waals surface area contributed by atoms with E-state index in [1.165, 1.54) is 56.6 Å². The fraction of sp³-hybridized carbons (Fsp3) is 0.459. The van der Waals surface area contributed by atoms with E-state index in [4.69, 9.17) is 9.26 Å². The van der Waals surface area contributed by atoms with Crippen molar-refractivity contribution in [2.45, 2.75) is 112 Å². The molecule has 302 valence electrons. The number of nitrogens with zero attached hydrogens (tertiary/aromatic N) is 2. The number of carbonyl (C=O) groups is 2. The zero-order valence-electron chi connectivity index (χ0n) is 32.7. The van der Waals surface area contributed by atoms with Crippen LogP contribution in [0.2, 0.25) is 0 Å². The number of carbonyl (C=O) groups excluding carboxylic acids is 2. The number of hydrogen-bond donors (Lipinski definition) is 2. The van der Waals surface area contributed by atoms with E-state index in [0.717, 1.165) is 42.6 Å². The third-order valence-corrected chi connectivity index (χ3v) is 14.8. The van der Waals surface area contributed by atoms with E-state index in [2.05, 4.69) is 20.8 Å². The number of benzene rings is 2. The van der Waals surface area contributed by atoms with Gasteiger partial charge in [-0.15, -0.1) is 11.3 Å². The summed E-state index contributed by atoms with van der Waals surface area (Å²) in [7, 11) is -6.85. The Balaban J connectivity index is 0.000000297. The molecule has 0 saturated heterocycles. The molecule has 2 N–H and O–H groups in total. The molecular weight excluding hydrogens is 782 g/mol. The zero-order valence-corrected chi connectivity index (χ0v) is 35.2. The Morgan fingerprint density at radius 3 is 1.73 bits per heavy atom. The number of aromatic nitrogens is 2. The molecule has 2 aromatic carbocycles. The maximum Gasteiger partial charge on any atom is 0.416 e. The molecule has 2 aromatic heterocycles. The van der Waals surface area contributed by atoms with Gasteiger partial charge in [0.1, 0.15) is 21.0 Å². The Hall–Kier alpha value is -4.29. The number of methoxy groups -OCH3 is 1. The third kappa shape index (κ3) is 9.94. The van der Waals surface area contributed by atoms with E-state index in [1.807, 2.05) is 41.5 Å². The van der Waals surface area contributed by atoms with Gasteiger partial charge in [-0.1, -0.05) is 52.8 Å².